The SMILES string of the molecule is CC1(C(=O)O)CCC2(C(=O)O)C(O)CC3(C)C(=CCC4C5(C)CCC(OC6OC(C(=O)O)C(O)C(OC7OCC(O)C(O)C7O)C6OC6OCC(O)C(O)C6O)C(C)(C)C5CCC43C)C2C1. The number of rotatable bonds is 9. The molecule has 374 valence electrons. The molecule has 5 aliphatic carbocycles. The average molecular weight is 943 g/mol. The number of carboxylic acids is 3. The minimum Gasteiger partial charge on any atom is -0.481 e. The van der Waals surface area contributed by atoms with Crippen LogP contribution in [0.25, 0.3) is 0 Å². The lowest BCUT2D eigenvalue weighted by Gasteiger charge is -2.71. The molecule has 0 aromatic heterocycles. The van der Waals surface area contributed by atoms with Gasteiger partial charge in [0.1, 0.15) is 60.4 Å². The maximum absolute atomic E-state index is 13.2. The molecule has 0 spiro atoms. The van der Waals surface area contributed by atoms with E-state index in [0.717, 1.165) is 5.57 Å². The molecule has 3 heterocycles. The summed E-state index contributed by atoms with van der Waals surface area (Å²) in [5.41, 5.74) is -3.87. The van der Waals surface area contributed by atoms with E-state index in [2.05, 4.69) is 40.7 Å². The number of aliphatic hydroxyl groups excluding tert-OH is 8. The summed E-state index contributed by atoms with van der Waals surface area (Å²) in [4.78, 5) is 38.5. The maximum atomic E-state index is 13.2. The zero-order valence-corrected chi connectivity index (χ0v) is 38.3. The second-order valence-electron chi connectivity index (χ2n) is 22.4. The fourth-order valence-corrected chi connectivity index (χ4v) is 14.7. The summed E-state index contributed by atoms with van der Waals surface area (Å²) < 4.78 is 36.0. The first-order chi connectivity index (χ1) is 30.7. The van der Waals surface area contributed by atoms with Gasteiger partial charge in [0.25, 0.3) is 0 Å². The van der Waals surface area contributed by atoms with Crippen molar-refractivity contribution in [3.05, 3.63) is 11.6 Å². The molecule has 7 fully saturated rings. The Hall–Kier alpha value is -2.41. The number of hydrogen-bond acceptors (Lipinski definition) is 17. The van der Waals surface area contributed by atoms with Gasteiger partial charge in [-0.25, -0.2) is 4.79 Å². The summed E-state index contributed by atoms with van der Waals surface area (Å²) in [6.07, 6.45) is -19.0. The van der Waals surface area contributed by atoms with Gasteiger partial charge in [0, 0.05) is 5.92 Å². The monoisotopic (exact) mass is 942 g/mol. The van der Waals surface area contributed by atoms with Crippen LogP contribution in [0.15, 0.2) is 11.6 Å². The normalized spacial score (nSPS) is 53.5. The van der Waals surface area contributed by atoms with Crippen molar-refractivity contribution in [3.63, 3.8) is 0 Å². The molecule has 3 saturated heterocycles. The van der Waals surface area contributed by atoms with Gasteiger partial charge >= 0.3 is 17.9 Å². The fourth-order valence-electron chi connectivity index (χ4n) is 14.7. The van der Waals surface area contributed by atoms with Gasteiger partial charge in [-0.05, 0) is 98.2 Å². The smallest absolute Gasteiger partial charge is 0.335 e. The molecular formula is C46H70O20. The van der Waals surface area contributed by atoms with Crippen LogP contribution < -0.4 is 0 Å². The molecule has 66 heavy (non-hydrogen) atoms. The van der Waals surface area contributed by atoms with E-state index >= 15 is 0 Å². The second-order valence-corrected chi connectivity index (χ2v) is 22.4. The molecule has 8 rings (SSSR count). The molecule has 11 N–H and O–H groups in total. The molecule has 23 atom stereocenters. The number of fused-ring (bicyclic) bond motifs is 7. The van der Waals surface area contributed by atoms with E-state index in [1.807, 2.05) is 0 Å². The number of hydrogen-bond donors (Lipinski definition) is 11. The standard InChI is InChI=1S/C46H70O20/c1-41(2)23-9-12-44(5)24(8-7-19-20-15-42(3,39(57)58)13-14-46(20,40(59)60)25(49)16-45(19,44)6)43(23,4)11-10-26(41)63-38-34(66-37-30(53)28(51)22(48)18-62-37)32(31(54)33(65-38)35(55)56)64-36-29(52)27(50)21(47)17-61-36/h7,20-34,36-38,47-54H,8-18H2,1-6H3,(H,55,56)(H,57,58)(H,59,60). The molecule has 4 saturated carbocycles. The zero-order chi connectivity index (χ0) is 48.4. The molecule has 0 amide bonds. The van der Waals surface area contributed by atoms with Crippen LogP contribution in [0.3, 0.4) is 0 Å². The van der Waals surface area contributed by atoms with Crippen LogP contribution in [0.4, 0.5) is 0 Å². The quantitative estimate of drug-likeness (QED) is 0.108. The van der Waals surface area contributed by atoms with Gasteiger partial charge in [-0.1, -0.05) is 46.3 Å². The molecule has 23 unspecified atom stereocenters. The van der Waals surface area contributed by atoms with E-state index in [9.17, 15) is 70.6 Å². The molecule has 0 aromatic carbocycles. The molecule has 20 nitrogen and oxygen atoms in total. The summed E-state index contributed by atoms with van der Waals surface area (Å²) in [6, 6.07) is 0. The number of aliphatic hydroxyl groups is 8. The lowest BCUT2D eigenvalue weighted by molar-refractivity contribution is -0.386. The summed E-state index contributed by atoms with van der Waals surface area (Å²) in [5.74, 6) is -4.37. The van der Waals surface area contributed by atoms with E-state index in [0.29, 0.717) is 32.1 Å². The Kier molecular flexibility index (Phi) is 13.0. The third-order valence-corrected chi connectivity index (χ3v) is 18.9. The second kappa shape index (κ2) is 17.2. The van der Waals surface area contributed by atoms with Gasteiger partial charge in [0.2, 0.25) is 0 Å². The third kappa shape index (κ3) is 7.42. The van der Waals surface area contributed by atoms with E-state index < -0.39 is 156 Å². The van der Waals surface area contributed by atoms with Gasteiger partial charge in [-0.2, -0.15) is 0 Å². The predicted molar refractivity (Wildman–Crippen MR) is 222 cm³/mol. The highest BCUT2D eigenvalue weighted by atomic mass is 16.8. The van der Waals surface area contributed by atoms with Gasteiger partial charge < -0.3 is 84.6 Å². The van der Waals surface area contributed by atoms with Crippen LogP contribution in [0.2, 0.25) is 0 Å². The topological polar surface area (TPSA) is 329 Å². The molecule has 20 heteroatoms. The van der Waals surface area contributed by atoms with Crippen molar-refractivity contribution in [3.8, 4) is 0 Å². The van der Waals surface area contributed by atoms with Gasteiger partial charge in [-0.15, -0.1) is 0 Å². The largest absolute Gasteiger partial charge is 0.481 e. The first-order valence-electron chi connectivity index (χ1n) is 23.4. The first kappa shape index (κ1) is 50.0. The number of allylic oxidation sites excluding steroid dienone is 2. The van der Waals surface area contributed by atoms with Gasteiger partial charge in [0.15, 0.2) is 25.0 Å². The highest BCUT2D eigenvalue weighted by Crippen LogP contribution is 2.76. The van der Waals surface area contributed by atoms with Crippen LogP contribution in [-0.2, 0) is 42.8 Å². The van der Waals surface area contributed by atoms with Crippen LogP contribution >= 0.6 is 0 Å². The minimum atomic E-state index is -2.04. The van der Waals surface area contributed by atoms with Crippen LogP contribution in [-0.4, -0.2) is 179 Å². The van der Waals surface area contributed by atoms with Crippen molar-refractivity contribution in [2.24, 2.45) is 50.2 Å². The Morgan fingerprint density at radius 1 is 0.636 bits per heavy atom. The van der Waals surface area contributed by atoms with Gasteiger partial charge in [-0.3, -0.25) is 9.59 Å². The fraction of sp³-hybridized carbons (Fsp3) is 0.891. The number of aliphatic carboxylic acids is 3. The Morgan fingerprint density at radius 3 is 1.79 bits per heavy atom. The highest BCUT2D eigenvalue weighted by molar-refractivity contribution is 5.80. The lowest BCUT2D eigenvalue weighted by Crippen LogP contribution is -2.69. The summed E-state index contributed by atoms with van der Waals surface area (Å²) in [5, 5.41) is 118. The number of carboxylic acid groups (broad SMARTS) is 3. The van der Waals surface area contributed by atoms with Crippen molar-refractivity contribution >= 4 is 17.9 Å². The Bertz CT molecular complexity index is 1910. The first-order valence-corrected chi connectivity index (χ1v) is 23.4. The summed E-state index contributed by atoms with van der Waals surface area (Å²) in [7, 11) is 0. The molecule has 0 aromatic rings. The van der Waals surface area contributed by atoms with Crippen LogP contribution in [0, 0.1) is 50.2 Å². The van der Waals surface area contributed by atoms with E-state index in [-0.39, 0.29) is 42.9 Å². The minimum absolute atomic E-state index is 0.0329. The zero-order valence-electron chi connectivity index (χ0n) is 38.3. The summed E-state index contributed by atoms with van der Waals surface area (Å²) in [6.45, 7) is 11.4. The average Bonchev–Trinajstić information content (AvgIpc) is 3.23. The van der Waals surface area contributed by atoms with Crippen LogP contribution in [0.1, 0.15) is 99.3 Å². The highest BCUT2D eigenvalue weighted by Gasteiger charge is 2.72. The molecule has 8 aliphatic rings. The van der Waals surface area contributed by atoms with Crippen molar-refractivity contribution < 1.29 is 99.0 Å². The number of ether oxygens (including phenoxy) is 6. The molecule has 0 radical (unpaired) electrons. The molecule has 3 aliphatic heterocycles. The Balaban J connectivity index is 1.10. The van der Waals surface area contributed by atoms with Crippen molar-refractivity contribution in [2.75, 3.05) is 13.2 Å². The van der Waals surface area contributed by atoms with Crippen molar-refractivity contribution in [1.29, 1.82) is 0 Å². The Morgan fingerprint density at radius 2 is 1.23 bits per heavy atom. The summed E-state index contributed by atoms with van der Waals surface area (Å²) >= 11 is 0. The molecule has 0 bridgehead atoms. The van der Waals surface area contributed by atoms with E-state index in [1.165, 1.54) is 0 Å². The predicted octanol–water partition coefficient (Wildman–Crippen LogP) is 0.112. The maximum Gasteiger partial charge on any atom is 0.335 e. The van der Waals surface area contributed by atoms with Crippen molar-refractivity contribution in [2.45, 2.75) is 191 Å². The molecular weight excluding hydrogens is 872 g/mol. The Labute approximate surface area is 382 Å². The van der Waals surface area contributed by atoms with Gasteiger partial charge in [0.05, 0.1) is 30.8 Å². The third-order valence-electron chi connectivity index (χ3n) is 18.9. The number of carbonyl (C=O) groups is 3. The lowest BCUT2D eigenvalue weighted by atomic mass is 9.33. The van der Waals surface area contributed by atoms with E-state index in [1.54, 1.807) is 6.92 Å². The van der Waals surface area contributed by atoms with E-state index in [4.69, 9.17) is 28.4 Å². The van der Waals surface area contributed by atoms with Crippen molar-refractivity contribution in [1.82, 2.24) is 0 Å². The van der Waals surface area contributed by atoms with Crippen LogP contribution in [0.5, 0.6) is 0 Å².